The summed E-state index contributed by atoms with van der Waals surface area (Å²) in [5.74, 6) is -1.42. The molecule has 2 fully saturated rings. The van der Waals surface area contributed by atoms with Gasteiger partial charge in [-0.15, -0.1) is 0 Å². The van der Waals surface area contributed by atoms with Gasteiger partial charge in [0.1, 0.15) is 30.5 Å². The average Bonchev–Trinajstić information content (AvgIpc) is 3.16. The number of esters is 1. The first-order valence-electron chi connectivity index (χ1n) is 8.30. The molecular formula is C16H20O10. The zero-order valence-corrected chi connectivity index (χ0v) is 13.5. The summed E-state index contributed by atoms with van der Waals surface area (Å²) in [6, 6.07) is 0. The maximum absolute atomic E-state index is 11.8. The Morgan fingerprint density at radius 2 is 1.81 bits per heavy atom. The molecular weight excluding hydrogens is 352 g/mol. The van der Waals surface area contributed by atoms with Crippen LogP contribution in [0, 0.1) is 11.8 Å². The summed E-state index contributed by atoms with van der Waals surface area (Å²) in [6.45, 7) is -0.876. The van der Waals surface area contributed by atoms with Gasteiger partial charge in [-0.05, 0) is 11.6 Å². The highest BCUT2D eigenvalue weighted by Crippen LogP contribution is 2.48. The minimum absolute atomic E-state index is 0.291. The number of hydrogen-bond donors (Lipinski definition) is 5. The van der Waals surface area contributed by atoms with E-state index in [1.54, 1.807) is 6.08 Å². The third kappa shape index (κ3) is 2.57. The summed E-state index contributed by atoms with van der Waals surface area (Å²) in [5.41, 5.74) is 0.904. The Morgan fingerprint density at radius 3 is 2.50 bits per heavy atom. The molecule has 0 aromatic carbocycles. The van der Waals surface area contributed by atoms with E-state index in [-0.39, 0.29) is 12.5 Å². The fraction of sp³-hybridized carbons (Fsp3) is 0.688. The summed E-state index contributed by atoms with van der Waals surface area (Å²) < 4.78 is 21.7. The van der Waals surface area contributed by atoms with Gasteiger partial charge >= 0.3 is 5.97 Å². The van der Waals surface area contributed by atoms with Crippen LogP contribution in [0.15, 0.2) is 23.5 Å². The van der Waals surface area contributed by atoms with Crippen LogP contribution in [-0.4, -0.2) is 87.8 Å². The maximum atomic E-state index is 11.8. The molecule has 0 aromatic heterocycles. The fourth-order valence-corrected chi connectivity index (χ4v) is 3.95. The van der Waals surface area contributed by atoms with Gasteiger partial charge in [0.15, 0.2) is 6.29 Å². The van der Waals surface area contributed by atoms with E-state index in [4.69, 9.17) is 18.9 Å². The van der Waals surface area contributed by atoms with Crippen LogP contribution in [-0.2, 0) is 23.7 Å². The molecule has 0 spiro atoms. The van der Waals surface area contributed by atoms with E-state index < -0.39 is 61.6 Å². The van der Waals surface area contributed by atoms with Gasteiger partial charge in [0.05, 0.1) is 31.0 Å². The number of aliphatic hydroxyl groups excluding tert-OH is 5. The SMILES string of the molecule is O=C1OC2C=C(CO)C3C2C1=CO[C@H]3OC1O[C@H](CO)[C@@H](O)[C@H](O)[C@H]1O. The molecule has 10 nitrogen and oxygen atoms in total. The van der Waals surface area contributed by atoms with E-state index >= 15 is 0 Å². The number of aliphatic hydroxyl groups is 5. The highest BCUT2D eigenvalue weighted by Gasteiger charge is 2.56. The van der Waals surface area contributed by atoms with Crippen LogP contribution in [0.2, 0.25) is 0 Å². The topological polar surface area (TPSA) is 155 Å². The largest absolute Gasteiger partial charge is 0.471 e. The van der Waals surface area contributed by atoms with Gasteiger partial charge in [-0.25, -0.2) is 4.79 Å². The second kappa shape index (κ2) is 6.57. The molecule has 1 aliphatic carbocycles. The molecule has 0 bridgehead atoms. The van der Waals surface area contributed by atoms with E-state index in [1.165, 1.54) is 6.26 Å². The van der Waals surface area contributed by atoms with E-state index in [0.29, 0.717) is 11.1 Å². The van der Waals surface area contributed by atoms with Crippen LogP contribution < -0.4 is 0 Å². The molecule has 0 amide bonds. The smallest absolute Gasteiger partial charge is 0.338 e. The number of ether oxygens (including phenoxy) is 4. The molecule has 4 unspecified atom stereocenters. The molecule has 2 saturated heterocycles. The predicted octanol–water partition coefficient (Wildman–Crippen LogP) is -2.87. The Bertz CT molecular complexity index is 643. The lowest BCUT2D eigenvalue weighted by atomic mass is 9.84. The molecule has 144 valence electrons. The van der Waals surface area contributed by atoms with Crippen molar-refractivity contribution in [2.24, 2.45) is 11.8 Å². The Kier molecular flexibility index (Phi) is 4.51. The van der Waals surface area contributed by atoms with Crippen molar-refractivity contribution < 1.29 is 49.3 Å². The van der Waals surface area contributed by atoms with Crippen molar-refractivity contribution in [2.45, 2.75) is 43.1 Å². The van der Waals surface area contributed by atoms with Gasteiger partial charge in [-0.3, -0.25) is 0 Å². The summed E-state index contributed by atoms with van der Waals surface area (Å²) in [5, 5.41) is 48.7. The number of rotatable bonds is 4. The average molecular weight is 372 g/mol. The standard InChI is InChI=1S/C16H20O10/c17-2-5-1-7-10-6(14(22)24-7)4-23-15(9(5)10)26-16-13(21)12(20)11(19)8(3-18)25-16/h1,4,7-13,15-21H,2-3H2/t7?,8-,9?,10?,11-,12+,13-,15+,16?/m1/s1. The van der Waals surface area contributed by atoms with E-state index in [1.807, 2.05) is 0 Å². The van der Waals surface area contributed by atoms with Gasteiger partial charge in [0.2, 0.25) is 6.29 Å². The molecule has 26 heavy (non-hydrogen) atoms. The summed E-state index contributed by atoms with van der Waals surface area (Å²) in [4.78, 5) is 11.8. The maximum Gasteiger partial charge on any atom is 0.338 e. The van der Waals surface area contributed by atoms with Crippen molar-refractivity contribution in [3.8, 4) is 0 Å². The lowest BCUT2D eigenvalue weighted by molar-refractivity contribution is -0.339. The quantitative estimate of drug-likeness (QED) is 0.257. The van der Waals surface area contributed by atoms with Crippen molar-refractivity contribution in [3.05, 3.63) is 23.5 Å². The van der Waals surface area contributed by atoms with Gasteiger partial charge in [0.25, 0.3) is 0 Å². The van der Waals surface area contributed by atoms with E-state index in [0.717, 1.165) is 0 Å². The molecule has 10 heteroatoms. The van der Waals surface area contributed by atoms with Crippen LogP contribution in [0.3, 0.4) is 0 Å². The minimum Gasteiger partial charge on any atom is -0.471 e. The van der Waals surface area contributed by atoms with Crippen LogP contribution in [0.5, 0.6) is 0 Å². The molecule has 0 aromatic rings. The van der Waals surface area contributed by atoms with Gasteiger partial charge in [-0.2, -0.15) is 0 Å². The minimum atomic E-state index is -1.58. The first kappa shape index (κ1) is 17.9. The van der Waals surface area contributed by atoms with Crippen LogP contribution in [0.1, 0.15) is 0 Å². The first-order valence-corrected chi connectivity index (χ1v) is 8.30. The molecule has 3 heterocycles. The second-order valence-electron chi connectivity index (χ2n) is 6.73. The molecule has 4 rings (SSSR count). The zero-order valence-electron chi connectivity index (χ0n) is 13.5. The van der Waals surface area contributed by atoms with Gasteiger partial charge in [-0.1, -0.05) is 0 Å². The zero-order chi connectivity index (χ0) is 18.6. The molecule has 0 saturated carbocycles. The van der Waals surface area contributed by atoms with E-state index in [9.17, 15) is 30.3 Å². The normalized spacial score (nSPS) is 47.0. The van der Waals surface area contributed by atoms with Crippen LogP contribution >= 0.6 is 0 Å². The summed E-state index contributed by atoms with van der Waals surface area (Å²) in [6.07, 6.45) is -5.84. The van der Waals surface area contributed by atoms with Crippen LogP contribution in [0.25, 0.3) is 0 Å². The second-order valence-corrected chi connectivity index (χ2v) is 6.73. The van der Waals surface area contributed by atoms with Crippen molar-refractivity contribution in [1.82, 2.24) is 0 Å². The monoisotopic (exact) mass is 372 g/mol. The first-order chi connectivity index (χ1) is 12.5. The molecule has 3 aliphatic heterocycles. The number of hydrogen-bond acceptors (Lipinski definition) is 10. The molecule has 0 radical (unpaired) electrons. The number of carbonyl (C=O) groups excluding carboxylic acids is 1. The molecule has 5 N–H and O–H groups in total. The summed E-state index contributed by atoms with van der Waals surface area (Å²) >= 11 is 0. The van der Waals surface area contributed by atoms with Crippen LogP contribution in [0.4, 0.5) is 0 Å². The Hall–Kier alpha value is -1.53. The van der Waals surface area contributed by atoms with Crippen molar-refractivity contribution in [2.75, 3.05) is 13.2 Å². The Morgan fingerprint density at radius 1 is 1.04 bits per heavy atom. The Balaban J connectivity index is 1.56. The van der Waals surface area contributed by atoms with Gasteiger partial charge < -0.3 is 44.5 Å². The van der Waals surface area contributed by atoms with E-state index in [2.05, 4.69) is 0 Å². The molecule has 4 aliphatic rings. The lowest BCUT2D eigenvalue weighted by Gasteiger charge is -2.42. The predicted molar refractivity (Wildman–Crippen MR) is 79.8 cm³/mol. The fourth-order valence-electron chi connectivity index (χ4n) is 3.95. The number of carbonyl (C=O) groups is 1. The highest BCUT2D eigenvalue weighted by atomic mass is 16.8. The Labute approximate surface area is 147 Å². The molecule has 9 atom stereocenters. The lowest BCUT2D eigenvalue weighted by Crippen LogP contribution is -2.60. The third-order valence-corrected chi connectivity index (χ3v) is 5.31. The van der Waals surface area contributed by atoms with Crippen molar-refractivity contribution in [3.63, 3.8) is 0 Å². The summed E-state index contributed by atoms with van der Waals surface area (Å²) in [7, 11) is 0. The third-order valence-electron chi connectivity index (χ3n) is 5.31. The van der Waals surface area contributed by atoms with Crippen molar-refractivity contribution in [1.29, 1.82) is 0 Å². The highest BCUT2D eigenvalue weighted by molar-refractivity contribution is 5.92. The van der Waals surface area contributed by atoms with Crippen molar-refractivity contribution >= 4 is 5.97 Å². The van der Waals surface area contributed by atoms with Gasteiger partial charge in [0, 0.05) is 5.92 Å².